The summed E-state index contributed by atoms with van der Waals surface area (Å²) in [6.45, 7) is 6.01. The summed E-state index contributed by atoms with van der Waals surface area (Å²) in [7, 11) is 0. The normalized spacial score (nSPS) is 14.7. The molecule has 1 aromatic carbocycles. The highest BCUT2D eigenvalue weighted by Gasteiger charge is 2.30. The van der Waals surface area contributed by atoms with Crippen LogP contribution in [0, 0.1) is 16.0 Å². The molecule has 0 atom stereocenters. The van der Waals surface area contributed by atoms with Crippen LogP contribution in [0.25, 0.3) is 0 Å². The van der Waals surface area contributed by atoms with E-state index in [0.717, 1.165) is 4.88 Å². The van der Waals surface area contributed by atoms with E-state index in [0.29, 0.717) is 49.0 Å². The van der Waals surface area contributed by atoms with Gasteiger partial charge >= 0.3 is 0 Å². The van der Waals surface area contributed by atoms with Crippen molar-refractivity contribution in [3.63, 3.8) is 0 Å². The van der Waals surface area contributed by atoms with Crippen LogP contribution in [-0.4, -0.2) is 35.4 Å². The van der Waals surface area contributed by atoms with Gasteiger partial charge in [-0.3, -0.25) is 14.9 Å². The first kappa shape index (κ1) is 20.4. The number of amides is 1. The minimum Gasteiger partial charge on any atom is -0.366 e. The number of para-hydroxylation sites is 2. The molecule has 2 aromatic rings. The maximum Gasteiger partial charge on any atom is 0.292 e. The SMILES string of the molecule is C=CCN(Cc1ccc(Cl)s1)C(=O)C1CCN(c2ccccc2[N+](=O)[O-])CC1. The van der Waals surface area contributed by atoms with Crippen LogP contribution in [0.15, 0.2) is 49.1 Å². The van der Waals surface area contributed by atoms with E-state index in [9.17, 15) is 14.9 Å². The Kier molecular flexibility index (Phi) is 6.70. The van der Waals surface area contributed by atoms with Crippen LogP contribution in [0.5, 0.6) is 0 Å². The van der Waals surface area contributed by atoms with Crippen LogP contribution in [0.2, 0.25) is 4.34 Å². The zero-order valence-electron chi connectivity index (χ0n) is 15.4. The molecule has 2 heterocycles. The highest BCUT2D eigenvalue weighted by atomic mass is 35.5. The largest absolute Gasteiger partial charge is 0.366 e. The number of thiophene rings is 1. The van der Waals surface area contributed by atoms with Gasteiger partial charge in [0.15, 0.2) is 0 Å². The number of carbonyl (C=O) groups excluding carboxylic acids is 1. The lowest BCUT2D eigenvalue weighted by Crippen LogP contribution is -2.42. The highest BCUT2D eigenvalue weighted by molar-refractivity contribution is 7.16. The second-order valence-electron chi connectivity index (χ2n) is 6.72. The maximum atomic E-state index is 13.0. The fourth-order valence-corrected chi connectivity index (χ4v) is 4.63. The van der Waals surface area contributed by atoms with E-state index in [1.165, 1.54) is 17.4 Å². The lowest BCUT2D eigenvalue weighted by atomic mass is 9.94. The Bertz CT molecular complexity index is 862. The van der Waals surface area contributed by atoms with Crippen LogP contribution in [0.1, 0.15) is 17.7 Å². The van der Waals surface area contributed by atoms with E-state index in [4.69, 9.17) is 11.6 Å². The first-order chi connectivity index (χ1) is 13.5. The summed E-state index contributed by atoms with van der Waals surface area (Å²) < 4.78 is 0.707. The Balaban J connectivity index is 1.65. The van der Waals surface area contributed by atoms with Crippen molar-refractivity contribution in [2.24, 2.45) is 5.92 Å². The van der Waals surface area contributed by atoms with Crippen molar-refractivity contribution < 1.29 is 9.72 Å². The van der Waals surface area contributed by atoms with Crippen LogP contribution in [0.4, 0.5) is 11.4 Å². The molecule has 8 heteroatoms. The summed E-state index contributed by atoms with van der Waals surface area (Å²) in [6, 6.07) is 10.5. The van der Waals surface area contributed by atoms with Crippen LogP contribution in [0.3, 0.4) is 0 Å². The molecule has 6 nitrogen and oxygen atoms in total. The van der Waals surface area contributed by atoms with E-state index in [2.05, 4.69) is 6.58 Å². The summed E-state index contributed by atoms with van der Waals surface area (Å²) in [5.41, 5.74) is 0.727. The monoisotopic (exact) mass is 419 g/mol. The van der Waals surface area contributed by atoms with Gasteiger partial charge in [0.1, 0.15) is 5.69 Å². The lowest BCUT2D eigenvalue weighted by molar-refractivity contribution is -0.384. The first-order valence-electron chi connectivity index (χ1n) is 9.12. The maximum absolute atomic E-state index is 13.0. The second-order valence-corrected chi connectivity index (χ2v) is 8.52. The van der Waals surface area contributed by atoms with Crippen molar-refractivity contribution in [2.75, 3.05) is 24.5 Å². The molecule has 1 aliphatic rings. The fourth-order valence-electron chi connectivity index (χ4n) is 3.52. The number of piperidine rings is 1. The Morgan fingerprint density at radius 1 is 1.32 bits per heavy atom. The number of nitrogens with zero attached hydrogens (tertiary/aromatic N) is 3. The number of anilines is 1. The van der Waals surface area contributed by atoms with Gasteiger partial charge in [-0.15, -0.1) is 17.9 Å². The molecule has 3 rings (SSSR count). The third kappa shape index (κ3) is 4.72. The van der Waals surface area contributed by atoms with Gasteiger partial charge in [0.2, 0.25) is 5.91 Å². The molecule has 0 saturated carbocycles. The first-order valence-corrected chi connectivity index (χ1v) is 10.3. The van der Waals surface area contributed by atoms with E-state index >= 15 is 0 Å². The molecule has 0 bridgehead atoms. The van der Waals surface area contributed by atoms with Gasteiger partial charge < -0.3 is 9.80 Å². The molecule has 1 amide bonds. The molecule has 0 spiro atoms. The molecule has 28 heavy (non-hydrogen) atoms. The number of hydrogen-bond acceptors (Lipinski definition) is 5. The minimum atomic E-state index is -0.357. The van der Waals surface area contributed by atoms with Crippen molar-refractivity contribution in [3.8, 4) is 0 Å². The third-order valence-corrected chi connectivity index (χ3v) is 6.12. The molecule has 0 unspecified atom stereocenters. The van der Waals surface area contributed by atoms with Gasteiger partial charge in [0.05, 0.1) is 15.8 Å². The van der Waals surface area contributed by atoms with E-state index in [1.807, 2.05) is 17.0 Å². The zero-order valence-corrected chi connectivity index (χ0v) is 17.0. The number of nitro groups is 1. The van der Waals surface area contributed by atoms with Crippen molar-refractivity contribution in [2.45, 2.75) is 19.4 Å². The average Bonchev–Trinajstić information content (AvgIpc) is 3.12. The molecule has 1 aromatic heterocycles. The van der Waals surface area contributed by atoms with Crippen molar-refractivity contribution in [1.29, 1.82) is 0 Å². The number of nitro benzene ring substituents is 1. The molecule has 1 aliphatic heterocycles. The summed E-state index contributed by atoms with van der Waals surface area (Å²) >= 11 is 7.47. The Labute approximate surface area is 173 Å². The highest BCUT2D eigenvalue weighted by Crippen LogP contribution is 2.32. The Morgan fingerprint density at radius 2 is 2.04 bits per heavy atom. The smallest absolute Gasteiger partial charge is 0.292 e. The topological polar surface area (TPSA) is 66.7 Å². The quantitative estimate of drug-likeness (QED) is 0.369. The Morgan fingerprint density at radius 3 is 2.64 bits per heavy atom. The standard InChI is InChI=1S/C20H22ClN3O3S/c1-2-11-23(14-16-7-8-19(21)28-16)20(25)15-9-12-22(13-10-15)17-5-3-4-6-18(17)24(26)27/h2-8,15H,1,9-14H2. The number of benzene rings is 1. The van der Waals surface area contributed by atoms with Crippen LogP contribution in [-0.2, 0) is 11.3 Å². The number of hydrogen-bond donors (Lipinski definition) is 0. The molecule has 148 valence electrons. The predicted molar refractivity (Wildman–Crippen MR) is 113 cm³/mol. The zero-order chi connectivity index (χ0) is 20.1. The number of rotatable bonds is 7. The lowest BCUT2D eigenvalue weighted by Gasteiger charge is -2.35. The van der Waals surface area contributed by atoms with Crippen LogP contribution >= 0.6 is 22.9 Å². The van der Waals surface area contributed by atoms with Crippen LogP contribution < -0.4 is 4.90 Å². The Hall–Kier alpha value is -2.38. The molecular weight excluding hydrogens is 398 g/mol. The fraction of sp³-hybridized carbons (Fsp3) is 0.350. The predicted octanol–water partition coefficient (Wildman–Crippen LogP) is 4.74. The molecule has 1 saturated heterocycles. The summed E-state index contributed by atoms with van der Waals surface area (Å²) in [5, 5.41) is 11.3. The van der Waals surface area contributed by atoms with Gasteiger partial charge in [-0.05, 0) is 31.0 Å². The van der Waals surface area contributed by atoms with Crippen molar-refractivity contribution in [3.05, 3.63) is 68.4 Å². The summed E-state index contributed by atoms with van der Waals surface area (Å²) in [4.78, 5) is 28.8. The van der Waals surface area contributed by atoms with E-state index in [1.54, 1.807) is 29.2 Å². The van der Waals surface area contributed by atoms with Gasteiger partial charge in [-0.2, -0.15) is 0 Å². The number of halogens is 1. The second kappa shape index (κ2) is 9.21. The van der Waals surface area contributed by atoms with Gasteiger partial charge in [-0.25, -0.2) is 0 Å². The van der Waals surface area contributed by atoms with Crippen molar-refractivity contribution >= 4 is 40.2 Å². The number of carbonyl (C=O) groups is 1. The van der Waals surface area contributed by atoms with Gasteiger partial charge in [0.25, 0.3) is 5.69 Å². The summed E-state index contributed by atoms with van der Waals surface area (Å²) in [6.07, 6.45) is 3.07. The molecule has 1 fully saturated rings. The van der Waals surface area contributed by atoms with Gasteiger partial charge in [-0.1, -0.05) is 29.8 Å². The van der Waals surface area contributed by atoms with Crippen molar-refractivity contribution in [1.82, 2.24) is 4.90 Å². The van der Waals surface area contributed by atoms with E-state index < -0.39 is 0 Å². The molecule has 0 radical (unpaired) electrons. The minimum absolute atomic E-state index is 0.0885. The molecular formula is C20H22ClN3O3S. The third-order valence-electron chi connectivity index (χ3n) is 4.90. The molecule has 0 N–H and O–H groups in total. The molecule has 0 aliphatic carbocycles. The van der Waals surface area contributed by atoms with E-state index in [-0.39, 0.29) is 22.4 Å². The van der Waals surface area contributed by atoms with Gasteiger partial charge in [0, 0.05) is 36.5 Å². The average molecular weight is 420 g/mol. The summed E-state index contributed by atoms with van der Waals surface area (Å²) in [5.74, 6) is 0.0148.